The standard InChI is InChI=1S/C23H20N2O5/c26-20(24-16-3-1-2-15(11-16)23(29)30)12-6-8-17(9-7-12)25-21(27)18-13-4-5-14(10-13)19(18)22(25)28/h1-3,6-9,11,13-14,18-19H,4-5,10H2,(H,24,26)(H,29,30)/t13-,14-,18+,19+/m0/s1. The van der Waals surface area contributed by atoms with Crippen LogP contribution in [-0.4, -0.2) is 28.8 Å². The minimum Gasteiger partial charge on any atom is -0.478 e. The Bertz CT molecular complexity index is 1050. The lowest BCUT2D eigenvalue weighted by atomic mass is 9.81. The van der Waals surface area contributed by atoms with E-state index in [4.69, 9.17) is 5.11 Å². The fraction of sp³-hybridized carbons (Fsp3) is 0.304. The summed E-state index contributed by atoms with van der Waals surface area (Å²) in [5, 5.41) is 11.7. The third-order valence-corrected chi connectivity index (χ3v) is 6.68. The molecule has 7 nitrogen and oxygen atoms in total. The zero-order valence-corrected chi connectivity index (χ0v) is 16.1. The molecule has 1 heterocycles. The number of nitrogens with one attached hydrogen (secondary N) is 1. The largest absolute Gasteiger partial charge is 0.478 e. The third kappa shape index (κ3) is 2.81. The lowest BCUT2D eigenvalue weighted by Crippen LogP contribution is -2.32. The van der Waals surface area contributed by atoms with Crippen LogP contribution in [0.4, 0.5) is 11.4 Å². The second-order valence-corrected chi connectivity index (χ2v) is 8.28. The molecule has 30 heavy (non-hydrogen) atoms. The lowest BCUT2D eigenvalue weighted by molar-refractivity contribution is -0.123. The normalized spacial score (nSPS) is 26.7. The number of nitrogens with zero attached hydrogens (tertiary/aromatic N) is 1. The van der Waals surface area contributed by atoms with Crippen molar-refractivity contribution in [3.05, 3.63) is 59.7 Å². The molecule has 3 aliphatic rings. The van der Waals surface area contributed by atoms with E-state index in [0.29, 0.717) is 28.8 Å². The number of carbonyl (C=O) groups is 4. The number of carboxylic acid groups (broad SMARTS) is 1. The fourth-order valence-corrected chi connectivity index (χ4v) is 5.36. The molecule has 0 spiro atoms. The van der Waals surface area contributed by atoms with Gasteiger partial charge in [0.05, 0.1) is 23.1 Å². The number of carbonyl (C=O) groups excluding carboxylic acids is 3. The van der Waals surface area contributed by atoms with Crippen molar-refractivity contribution in [3.63, 3.8) is 0 Å². The summed E-state index contributed by atoms with van der Waals surface area (Å²) in [4.78, 5) is 50.7. The molecule has 0 unspecified atom stereocenters. The first-order chi connectivity index (χ1) is 14.4. The number of amides is 3. The maximum absolute atomic E-state index is 12.9. The minimum absolute atomic E-state index is 0.0775. The van der Waals surface area contributed by atoms with E-state index < -0.39 is 11.9 Å². The number of benzene rings is 2. The molecule has 1 aliphatic heterocycles. The maximum Gasteiger partial charge on any atom is 0.335 e. The Balaban J connectivity index is 1.33. The van der Waals surface area contributed by atoms with Gasteiger partial charge in [-0.3, -0.25) is 19.3 Å². The zero-order valence-electron chi connectivity index (χ0n) is 16.1. The van der Waals surface area contributed by atoms with Crippen molar-refractivity contribution in [1.29, 1.82) is 0 Å². The molecule has 3 fully saturated rings. The van der Waals surface area contributed by atoms with Crippen LogP contribution in [0.15, 0.2) is 48.5 Å². The molecule has 4 atom stereocenters. The number of aromatic carboxylic acids is 1. The number of carboxylic acids is 1. The molecule has 2 aliphatic carbocycles. The summed E-state index contributed by atoms with van der Waals surface area (Å²) < 4.78 is 0. The molecule has 2 N–H and O–H groups in total. The highest BCUT2D eigenvalue weighted by Gasteiger charge is 2.61. The Morgan fingerprint density at radius 3 is 2.13 bits per heavy atom. The van der Waals surface area contributed by atoms with Crippen LogP contribution in [0.2, 0.25) is 0 Å². The van der Waals surface area contributed by atoms with Gasteiger partial charge in [-0.1, -0.05) is 6.07 Å². The second-order valence-electron chi connectivity index (χ2n) is 8.28. The lowest BCUT2D eigenvalue weighted by Gasteiger charge is -2.19. The van der Waals surface area contributed by atoms with Gasteiger partial charge in [0.2, 0.25) is 11.8 Å². The summed E-state index contributed by atoms with van der Waals surface area (Å²) in [5.41, 5.74) is 1.29. The summed E-state index contributed by atoms with van der Waals surface area (Å²) in [5.74, 6) is -1.41. The molecule has 1 saturated heterocycles. The molecular formula is C23H20N2O5. The van der Waals surface area contributed by atoms with Crippen molar-refractivity contribution in [2.75, 3.05) is 10.2 Å². The van der Waals surface area contributed by atoms with Gasteiger partial charge in [-0.25, -0.2) is 4.79 Å². The first kappa shape index (κ1) is 18.5. The van der Waals surface area contributed by atoms with E-state index in [1.54, 1.807) is 36.4 Å². The number of imide groups is 1. The average Bonchev–Trinajstić information content (AvgIpc) is 3.42. The van der Waals surface area contributed by atoms with Crippen LogP contribution in [0, 0.1) is 23.7 Å². The monoisotopic (exact) mass is 404 g/mol. The molecule has 2 aromatic carbocycles. The Morgan fingerprint density at radius 1 is 0.900 bits per heavy atom. The summed E-state index contributed by atoms with van der Waals surface area (Å²) in [7, 11) is 0. The molecular weight excluding hydrogens is 384 g/mol. The van der Waals surface area contributed by atoms with Crippen LogP contribution < -0.4 is 10.2 Å². The number of fused-ring (bicyclic) bond motifs is 5. The van der Waals surface area contributed by atoms with Gasteiger partial charge in [-0.05, 0) is 73.6 Å². The van der Waals surface area contributed by atoms with Gasteiger partial charge >= 0.3 is 5.97 Å². The molecule has 2 saturated carbocycles. The Morgan fingerprint density at radius 2 is 1.53 bits per heavy atom. The second kappa shape index (κ2) is 6.79. The van der Waals surface area contributed by atoms with Gasteiger partial charge in [-0.2, -0.15) is 0 Å². The molecule has 0 aromatic heterocycles. The first-order valence-corrected chi connectivity index (χ1v) is 10.1. The molecule has 3 amide bonds. The van der Waals surface area contributed by atoms with Crippen LogP contribution in [0.25, 0.3) is 0 Å². The smallest absolute Gasteiger partial charge is 0.335 e. The summed E-state index contributed by atoms with van der Waals surface area (Å²) >= 11 is 0. The van der Waals surface area contributed by atoms with Crippen molar-refractivity contribution >= 4 is 35.1 Å². The van der Waals surface area contributed by atoms with Gasteiger partial charge < -0.3 is 10.4 Å². The number of hydrogen-bond acceptors (Lipinski definition) is 4. The number of anilines is 2. The number of rotatable bonds is 4. The molecule has 0 radical (unpaired) electrons. The van der Waals surface area contributed by atoms with Crippen LogP contribution >= 0.6 is 0 Å². The minimum atomic E-state index is -1.08. The van der Waals surface area contributed by atoms with Crippen LogP contribution in [0.3, 0.4) is 0 Å². The van der Waals surface area contributed by atoms with E-state index in [1.165, 1.54) is 17.0 Å². The van der Waals surface area contributed by atoms with Crippen LogP contribution in [0.1, 0.15) is 40.0 Å². The highest BCUT2D eigenvalue weighted by molar-refractivity contribution is 6.22. The summed E-state index contributed by atoms with van der Waals surface area (Å²) in [6.07, 6.45) is 3.05. The predicted octanol–water partition coefficient (Wildman–Crippen LogP) is 3.17. The van der Waals surface area contributed by atoms with E-state index in [-0.39, 0.29) is 29.2 Å². The number of hydrogen-bond donors (Lipinski definition) is 2. The SMILES string of the molecule is O=C(O)c1cccc(NC(=O)c2ccc(N3C(=O)[C@@H]4[C@H]5CC[C@@H](C5)[C@H]4C3=O)cc2)c1. The van der Waals surface area contributed by atoms with E-state index in [2.05, 4.69) is 5.32 Å². The van der Waals surface area contributed by atoms with Crippen LogP contribution in [0.5, 0.6) is 0 Å². The highest BCUT2D eigenvalue weighted by Crippen LogP contribution is 2.56. The van der Waals surface area contributed by atoms with E-state index in [1.807, 2.05) is 0 Å². The van der Waals surface area contributed by atoms with Crippen molar-refractivity contribution < 1.29 is 24.3 Å². The Labute approximate surface area is 172 Å². The molecule has 5 rings (SSSR count). The fourth-order valence-electron chi connectivity index (χ4n) is 5.36. The third-order valence-electron chi connectivity index (χ3n) is 6.68. The quantitative estimate of drug-likeness (QED) is 0.762. The Hall–Kier alpha value is -3.48. The van der Waals surface area contributed by atoms with E-state index in [9.17, 15) is 19.2 Å². The van der Waals surface area contributed by atoms with Crippen LogP contribution in [-0.2, 0) is 9.59 Å². The molecule has 2 bridgehead atoms. The highest BCUT2D eigenvalue weighted by atomic mass is 16.4. The first-order valence-electron chi connectivity index (χ1n) is 10.1. The van der Waals surface area contributed by atoms with Gasteiger partial charge in [0.25, 0.3) is 5.91 Å². The molecule has 2 aromatic rings. The van der Waals surface area contributed by atoms with E-state index in [0.717, 1.165) is 19.3 Å². The topological polar surface area (TPSA) is 104 Å². The zero-order chi connectivity index (χ0) is 21.0. The van der Waals surface area contributed by atoms with Gasteiger partial charge in [-0.15, -0.1) is 0 Å². The van der Waals surface area contributed by atoms with Gasteiger partial charge in [0, 0.05) is 11.3 Å². The summed E-state index contributed by atoms with van der Waals surface area (Å²) in [6.45, 7) is 0. The van der Waals surface area contributed by atoms with Gasteiger partial charge in [0.1, 0.15) is 0 Å². The average molecular weight is 404 g/mol. The van der Waals surface area contributed by atoms with Crippen molar-refractivity contribution in [1.82, 2.24) is 0 Å². The van der Waals surface area contributed by atoms with E-state index >= 15 is 0 Å². The maximum atomic E-state index is 12.9. The van der Waals surface area contributed by atoms with Crippen molar-refractivity contribution in [2.45, 2.75) is 19.3 Å². The molecule has 7 heteroatoms. The van der Waals surface area contributed by atoms with Gasteiger partial charge in [0.15, 0.2) is 0 Å². The van der Waals surface area contributed by atoms with Crippen molar-refractivity contribution in [2.24, 2.45) is 23.7 Å². The Kier molecular flexibility index (Phi) is 4.20. The summed E-state index contributed by atoms with van der Waals surface area (Å²) in [6, 6.07) is 12.3. The predicted molar refractivity (Wildman–Crippen MR) is 108 cm³/mol. The van der Waals surface area contributed by atoms with Crippen molar-refractivity contribution in [3.8, 4) is 0 Å². The molecule has 152 valence electrons.